The standard InChI is InChI=1S/C12H12FN5/c13-8-3-1-2-7(6-8)10-9-4-5-16-11(9)18(17-10)12(14)15/h1-3,6,16H,4-5H2,(H3,14,15). The molecule has 0 aliphatic carbocycles. The van der Waals surface area contributed by atoms with Crippen LogP contribution in [-0.2, 0) is 6.42 Å². The van der Waals surface area contributed by atoms with E-state index in [1.54, 1.807) is 12.1 Å². The number of nitrogens with zero attached hydrogens (tertiary/aromatic N) is 2. The van der Waals surface area contributed by atoms with Gasteiger partial charge in [-0.1, -0.05) is 12.1 Å². The molecule has 92 valence electrons. The first-order valence-electron chi connectivity index (χ1n) is 5.63. The second kappa shape index (κ2) is 3.83. The van der Waals surface area contributed by atoms with Gasteiger partial charge in [0.2, 0.25) is 5.96 Å². The van der Waals surface area contributed by atoms with Crippen LogP contribution in [0.2, 0.25) is 0 Å². The maximum absolute atomic E-state index is 13.3. The van der Waals surface area contributed by atoms with E-state index < -0.39 is 0 Å². The molecule has 1 aliphatic heterocycles. The molecule has 6 heteroatoms. The molecule has 1 aliphatic rings. The van der Waals surface area contributed by atoms with Crippen molar-refractivity contribution in [1.82, 2.24) is 9.78 Å². The molecule has 0 unspecified atom stereocenters. The lowest BCUT2D eigenvalue weighted by atomic mass is 10.1. The summed E-state index contributed by atoms with van der Waals surface area (Å²) in [7, 11) is 0. The van der Waals surface area contributed by atoms with Crippen LogP contribution in [0.5, 0.6) is 0 Å². The van der Waals surface area contributed by atoms with E-state index >= 15 is 0 Å². The van der Waals surface area contributed by atoms with Crippen LogP contribution in [0.1, 0.15) is 5.56 Å². The van der Waals surface area contributed by atoms with Crippen LogP contribution in [0.3, 0.4) is 0 Å². The van der Waals surface area contributed by atoms with Crippen LogP contribution in [0.15, 0.2) is 24.3 Å². The van der Waals surface area contributed by atoms with Crippen molar-refractivity contribution >= 4 is 11.8 Å². The molecular weight excluding hydrogens is 233 g/mol. The number of benzene rings is 1. The topological polar surface area (TPSA) is 79.7 Å². The molecular formula is C12H12FN5. The normalized spacial score (nSPS) is 13.2. The van der Waals surface area contributed by atoms with E-state index in [4.69, 9.17) is 11.1 Å². The van der Waals surface area contributed by atoms with Crippen LogP contribution in [0.4, 0.5) is 10.2 Å². The Kier molecular flexibility index (Phi) is 2.29. The van der Waals surface area contributed by atoms with Crippen molar-refractivity contribution in [1.29, 1.82) is 5.41 Å². The lowest BCUT2D eigenvalue weighted by Crippen LogP contribution is -2.23. The Bertz CT molecular complexity index is 631. The van der Waals surface area contributed by atoms with Crippen LogP contribution in [0.25, 0.3) is 11.3 Å². The molecule has 5 nitrogen and oxygen atoms in total. The fourth-order valence-corrected chi connectivity index (χ4v) is 2.22. The first-order valence-corrected chi connectivity index (χ1v) is 5.63. The Hall–Kier alpha value is -2.37. The zero-order chi connectivity index (χ0) is 12.7. The maximum atomic E-state index is 13.3. The predicted molar refractivity (Wildman–Crippen MR) is 67.1 cm³/mol. The fraction of sp³-hybridized carbons (Fsp3) is 0.167. The van der Waals surface area contributed by atoms with Crippen molar-refractivity contribution in [3.63, 3.8) is 0 Å². The van der Waals surface area contributed by atoms with Gasteiger partial charge in [-0.15, -0.1) is 0 Å². The highest BCUT2D eigenvalue weighted by Crippen LogP contribution is 2.32. The number of hydrogen-bond donors (Lipinski definition) is 3. The molecule has 0 fully saturated rings. The second-order valence-corrected chi connectivity index (χ2v) is 4.16. The molecule has 2 heterocycles. The Morgan fingerprint density at radius 1 is 1.50 bits per heavy atom. The summed E-state index contributed by atoms with van der Waals surface area (Å²) in [4.78, 5) is 0. The first-order chi connectivity index (χ1) is 8.66. The quantitative estimate of drug-likeness (QED) is 0.525. The van der Waals surface area contributed by atoms with Gasteiger partial charge in [-0.2, -0.15) is 9.78 Å². The van der Waals surface area contributed by atoms with E-state index in [1.807, 2.05) is 0 Å². The summed E-state index contributed by atoms with van der Waals surface area (Å²) in [6.45, 7) is 0.781. The Labute approximate surface area is 103 Å². The zero-order valence-electron chi connectivity index (χ0n) is 9.57. The largest absolute Gasteiger partial charge is 0.369 e. The van der Waals surface area contributed by atoms with Crippen molar-refractivity contribution in [2.24, 2.45) is 5.73 Å². The van der Waals surface area contributed by atoms with Gasteiger partial charge in [0.15, 0.2) is 0 Å². The van der Waals surface area contributed by atoms with Crippen molar-refractivity contribution < 1.29 is 4.39 Å². The van der Waals surface area contributed by atoms with Gasteiger partial charge in [-0.05, 0) is 18.6 Å². The average molecular weight is 245 g/mol. The minimum Gasteiger partial charge on any atom is -0.369 e. The molecule has 0 radical (unpaired) electrons. The molecule has 3 rings (SSSR count). The third-order valence-electron chi connectivity index (χ3n) is 2.98. The minimum absolute atomic E-state index is 0.150. The van der Waals surface area contributed by atoms with Gasteiger partial charge >= 0.3 is 0 Å². The molecule has 0 amide bonds. The number of anilines is 1. The van der Waals surface area contributed by atoms with E-state index in [1.165, 1.54) is 16.8 Å². The van der Waals surface area contributed by atoms with Crippen LogP contribution in [-0.4, -0.2) is 22.3 Å². The molecule has 0 bridgehead atoms. The summed E-state index contributed by atoms with van der Waals surface area (Å²) in [5.41, 5.74) is 7.85. The molecule has 4 N–H and O–H groups in total. The van der Waals surface area contributed by atoms with Crippen LogP contribution in [0, 0.1) is 11.2 Å². The van der Waals surface area contributed by atoms with E-state index in [2.05, 4.69) is 10.4 Å². The van der Waals surface area contributed by atoms with Crippen molar-refractivity contribution in [3.05, 3.63) is 35.6 Å². The monoisotopic (exact) mass is 245 g/mol. The van der Waals surface area contributed by atoms with E-state index in [9.17, 15) is 4.39 Å². The predicted octanol–water partition coefficient (Wildman–Crippen LogP) is 1.40. The number of nitrogen functional groups attached to an aromatic ring is 1. The van der Waals surface area contributed by atoms with Crippen LogP contribution >= 0.6 is 0 Å². The maximum Gasteiger partial charge on any atom is 0.215 e. The highest BCUT2D eigenvalue weighted by molar-refractivity contribution is 5.84. The van der Waals surface area contributed by atoms with Gasteiger partial charge in [-0.3, -0.25) is 5.41 Å². The van der Waals surface area contributed by atoms with Crippen molar-refractivity contribution in [2.75, 3.05) is 11.9 Å². The lowest BCUT2D eigenvalue weighted by molar-refractivity contribution is 0.628. The molecule has 18 heavy (non-hydrogen) atoms. The fourth-order valence-electron chi connectivity index (χ4n) is 2.22. The van der Waals surface area contributed by atoms with Gasteiger partial charge in [-0.25, -0.2) is 4.39 Å². The number of hydrogen-bond acceptors (Lipinski definition) is 3. The Balaban J connectivity index is 2.19. The number of halogens is 1. The number of nitrogens with one attached hydrogen (secondary N) is 2. The smallest absolute Gasteiger partial charge is 0.215 e. The first kappa shape index (κ1) is 10.8. The number of nitrogens with two attached hydrogens (primary N) is 1. The summed E-state index contributed by atoms with van der Waals surface area (Å²) in [5, 5.41) is 14.9. The molecule has 0 atom stereocenters. The summed E-state index contributed by atoms with van der Waals surface area (Å²) < 4.78 is 14.6. The summed E-state index contributed by atoms with van der Waals surface area (Å²) in [6.07, 6.45) is 0.800. The van der Waals surface area contributed by atoms with E-state index in [0.29, 0.717) is 11.3 Å². The second-order valence-electron chi connectivity index (χ2n) is 4.16. The van der Waals surface area contributed by atoms with E-state index in [-0.39, 0.29) is 11.8 Å². The third-order valence-corrected chi connectivity index (χ3v) is 2.98. The number of aromatic nitrogens is 2. The highest BCUT2D eigenvalue weighted by atomic mass is 19.1. The van der Waals surface area contributed by atoms with Gasteiger partial charge in [0.05, 0.1) is 5.69 Å². The van der Waals surface area contributed by atoms with Crippen LogP contribution < -0.4 is 11.1 Å². The van der Waals surface area contributed by atoms with Crippen molar-refractivity contribution in [2.45, 2.75) is 6.42 Å². The van der Waals surface area contributed by atoms with Gasteiger partial charge in [0.1, 0.15) is 11.6 Å². The average Bonchev–Trinajstić information content (AvgIpc) is 2.88. The zero-order valence-corrected chi connectivity index (χ0v) is 9.57. The lowest BCUT2D eigenvalue weighted by Gasteiger charge is -2.02. The van der Waals surface area contributed by atoms with Gasteiger partial charge < -0.3 is 11.1 Å². The minimum atomic E-state index is -0.301. The summed E-state index contributed by atoms with van der Waals surface area (Å²) in [5.74, 6) is 0.287. The molecule has 0 spiro atoms. The Morgan fingerprint density at radius 2 is 2.33 bits per heavy atom. The molecule has 0 saturated carbocycles. The van der Waals surface area contributed by atoms with Gasteiger partial charge in [0, 0.05) is 17.7 Å². The molecule has 1 aromatic heterocycles. The molecule has 1 aromatic carbocycles. The molecule has 0 saturated heterocycles. The van der Waals surface area contributed by atoms with Gasteiger partial charge in [0.25, 0.3) is 0 Å². The highest BCUT2D eigenvalue weighted by Gasteiger charge is 2.24. The molecule has 2 aromatic rings. The number of rotatable bonds is 1. The SMILES string of the molecule is N=C(N)n1nc(-c2cccc(F)c2)c2c1NCC2. The number of fused-ring (bicyclic) bond motifs is 1. The van der Waals surface area contributed by atoms with Crippen molar-refractivity contribution in [3.8, 4) is 11.3 Å². The Morgan fingerprint density at radius 3 is 3.06 bits per heavy atom. The summed E-state index contributed by atoms with van der Waals surface area (Å²) >= 11 is 0. The summed E-state index contributed by atoms with van der Waals surface area (Å²) in [6, 6.07) is 6.27. The third kappa shape index (κ3) is 1.54. The van der Waals surface area contributed by atoms with E-state index in [0.717, 1.165) is 24.3 Å².